The van der Waals surface area contributed by atoms with Crippen molar-refractivity contribution in [2.75, 3.05) is 23.0 Å². The summed E-state index contributed by atoms with van der Waals surface area (Å²) in [6.07, 6.45) is -0.108. The van der Waals surface area contributed by atoms with Crippen LogP contribution in [-0.4, -0.2) is 34.2 Å². The van der Waals surface area contributed by atoms with Gasteiger partial charge in [0, 0.05) is 23.0 Å². The smallest absolute Gasteiger partial charge is 0.0721 e. The van der Waals surface area contributed by atoms with Crippen LogP contribution in [0.5, 0.6) is 0 Å². The molecular weight excluding hydrogens is 164 g/mol. The highest BCUT2D eigenvalue weighted by atomic mass is 32.2. The molecule has 0 aromatic carbocycles. The Kier molecular flexibility index (Phi) is 3.66. The molecule has 1 N–H and O–H groups in total. The fraction of sp³-hybridized carbons (Fsp3) is 0.714. The average Bonchev–Trinajstić information content (AvgIpc) is 1.84. The SMILES string of the molecule is C=C1CSCC(O)CSC1. The van der Waals surface area contributed by atoms with Gasteiger partial charge in [-0.3, -0.25) is 0 Å². The van der Waals surface area contributed by atoms with Gasteiger partial charge in [0.1, 0.15) is 0 Å². The van der Waals surface area contributed by atoms with E-state index in [4.69, 9.17) is 0 Å². The standard InChI is InChI=1S/C7H12OS2/c1-6-2-9-4-7(8)5-10-3-6/h7-8H,1-5H2. The predicted octanol–water partition coefficient (Wildman–Crippen LogP) is 1.38. The van der Waals surface area contributed by atoms with Crippen LogP contribution in [0.2, 0.25) is 0 Å². The van der Waals surface area contributed by atoms with Crippen molar-refractivity contribution < 1.29 is 5.11 Å². The fourth-order valence-corrected chi connectivity index (χ4v) is 2.84. The molecule has 1 saturated heterocycles. The molecule has 1 aliphatic rings. The summed E-state index contributed by atoms with van der Waals surface area (Å²) >= 11 is 3.56. The number of thioether (sulfide) groups is 2. The van der Waals surface area contributed by atoms with Gasteiger partial charge in [-0.25, -0.2) is 0 Å². The summed E-state index contributed by atoms with van der Waals surface area (Å²) < 4.78 is 0. The van der Waals surface area contributed by atoms with E-state index in [-0.39, 0.29) is 6.10 Å². The van der Waals surface area contributed by atoms with Crippen LogP contribution in [0.4, 0.5) is 0 Å². The van der Waals surface area contributed by atoms with Crippen LogP contribution >= 0.6 is 23.5 Å². The summed E-state index contributed by atoms with van der Waals surface area (Å²) in [7, 11) is 0. The Hall–Kier alpha value is 0.400. The average molecular weight is 176 g/mol. The summed E-state index contributed by atoms with van der Waals surface area (Å²) in [5.74, 6) is 3.77. The van der Waals surface area contributed by atoms with Crippen molar-refractivity contribution in [2.45, 2.75) is 6.10 Å². The normalized spacial score (nSPS) is 23.9. The molecule has 1 fully saturated rings. The van der Waals surface area contributed by atoms with E-state index in [1.165, 1.54) is 5.57 Å². The second-order valence-electron chi connectivity index (χ2n) is 2.43. The maximum Gasteiger partial charge on any atom is 0.0721 e. The Morgan fingerprint density at radius 1 is 1.30 bits per heavy atom. The monoisotopic (exact) mass is 176 g/mol. The second kappa shape index (κ2) is 4.31. The van der Waals surface area contributed by atoms with Gasteiger partial charge in [0.05, 0.1) is 6.10 Å². The van der Waals surface area contributed by atoms with E-state index >= 15 is 0 Å². The van der Waals surface area contributed by atoms with Crippen LogP contribution in [-0.2, 0) is 0 Å². The first-order chi connectivity index (χ1) is 4.79. The Bertz CT molecular complexity index is 113. The van der Waals surface area contributed by atoms with Gasteiger partial charge in [0.2, 0.25) is 0 Å². The number of rotatable bonds is 0. The summed E-state index contributed by atoms with van der Waals surface area (Å²) in [6, 6.07) is 0. The molecule has 1 aliphatic heterocycles. The van der Waals surface area contributed by atoms with E-state index in [0.29, 0.717) is 0 Å². The quantitative estimate of drug-likeness (QED) is 0.563. The first kappa shape index (κ1) is 8.50. The number of aliphatic hydroxyl groups excluding tert-OH is 1. The molecule has 0 unspecified atom stereocenters. The minimum atomic E-state index is -0.108. The van der Waals surface area contributed by atoms with Crippen molar-refractivity contribution in [3.05, 3.63) is 12.2 Å². The van der Waals surface area contributed by atoms with Gasteiger partial charge in [-0.1, -0.05) is 12.2 Å². The lowest BCUT2D eigenvalue weighted by Crippen LogP contribution is -2.16. The van der Waals surface area contributed by atoms with Crippen LogP contribution in [0.1, 0.15) is 0 Å². The zero-order valence-electron chi connectivity index (χ0n) is 5.88. The van der Waals surface area contributed by atoms with Crippen molar-refractivity contribution in [1.29, 1.82) is 0 Å². The van der Waals surface area contributed by atoms with E-state index < -0.39 is 0 Å². The Balaban J connectivity index is 2.27. The van der Waals surface area contributed by atoms with Crippen LogP contribution in [0.25, 0.3) is 0 Å². The summed E-state index contributed by atoms with van der Waals surface area (Å²) in [4.78, 5) is 0. The summed E-state index contributed by atoms with van der Waals surface area (Å²) in [5, 5.41) is 9.23. The van der Waals surface area contributed by atoms with E-state index in [9.17, 15) is 5.11 Å². The van der Waals surface area contributed by atoms with E-state index in [0.717, 1.165) is 23.0 Å². The van der Waals surface area contributed by atoms with Gasteiger partial charge >= 0.3 is 0 Å². The van der Waals surface area contributed by atoms with Crippen molar-refractivity contribution in [3.63, 3.8) is 0 Å². The second-order valence-corrected chi connectivity index (χ2v) is 4.49. The molecule has 0 amide bonds. The van der Waals surface area contributed by atoms with Gasteiger partial charge in [-0.15, -0.1) is 0 Å². The molecule has 58 valence electrons. The molecule has 0 aliphatic carbocycles. The number of hydrogen-bond acceptors (Lipinski definition) is 3. The van der Waals surface area contributed by atoms with Gasteiger partial charge in [0.25, 0.3) is 0 Å². The maximum atomic E-state index is 9.23. The van der Waals surface area contributed by atoms with Gasteiger partial charge < -0.3 is 5.11 Å². The molecule has 0 spiro atoms. The zero-order chi connectivity index (χ0) is 7.40. The molecule has 0 bridgehead atoms. The molecule has 10 heavy (non-hydrogen) atoms. The Morgan fingerprint density at radius 3 is 2.30 bits per heavy atom. The lowest BCUT2D eigenvalue weighted by atomic mass is 10.4. The highest BCUT2D eigenvalue weighted by molar-refractivity contribution is 8.01. The van der Waals surface area contributed by atoms with Crippen molar-refractivity contribution in [1.82, 2.24) is 0 Å². The first-order valence-corrected chi connectivity index (χ1v) is 5.60. The van der Waals surface area contributed by atoms with Crippen LogP contribution in [0, 0.1) is 0 Å². The van der Waals surface area contributed by atoms with Crippen LogP contribution in [0.3, 0.4) is 0 Å². The summed E-state index contributed by atoms with van der Waals surface area (Å²) in [5.41, 5.74) is 1.29. The van der Waals surface area contributed by atoms with E-state index in [1.54, 1.807) is 23.5 Å². The molecule has 0 atom stereocenters. The van der Waals surface area contributed by atoms with Gasteiger partial charge in [0.15, 0.2) is 0 Å². The fourth-order valence-electron chi connectivity index (χ4n) is 0.768. The molecular formula is C7H12OS2. The van der Waals surface area contributed by atoms with Gasteiger partial charge in [-0.05, 0) is 0 Å². The molecule has 0 saturated carbocycles. The Labute approximate surface area is 70.3 Å². The highest BCUT2D eigenvalue weighted by Crippen LogP contribution is 2.18. The molecule has 0 aromatic rings. The first-order valence-electron chi connectivity index (χ1n) is 3.29. The molecule has 3 heteroatoms. The minimum Gasteiger partial charge on any atom is -0.391 e. The number of aliphatic hydroxyl groups is 1. The number of hydrogen-bond donors (Lipinski definition) is 1. The lowest BCUT2D eigenvalue weighted by Gasteiger charge is -2.14. The van der Waals surface area contributed by atoms with E-state index in [1.807, 2.05) is 0 Å². The molecule has 0 aromatic heterocycles. The van der Waals surface area contributed by atoms with Crippen LogP contribution < -0.4 is 0 Å². The van der Waals surface area contributed by atoms with Crippen molar-refractivity contribution >= 4 is 23.5 Å². The highest BCUT2D eigenvalue weighted by Gasteiger charge is 2.08. The minimum absolute atomic E-state index is 0.108. The van der Waals surface area contributed by atoms with Crippen molar-refractivity contribution in [2.24, 2.45) is 0 Å². The van der Waals surface area contributed by atoms with Gasteiger partial charge in [-0.2, -0.15) is 23.5 Å². The van der Waals surface area contributed by atoms with E-state index in [2.05, 4.69) is 6.58 Å². The lowest BCUT2D eigenvalue weighted by molar-refractivity contribution is 0.225. The third kappa shape index (κ3) is 2.99. The zero-order valence-corrected chi connectivity index (χ0v) is 7.51. The predicted molar refractivity (Wildman–Crippen MR) is 49.8 cm³/mol. The molecule has 1 nitrogen and oxygen atoms in total. The third-order valence-electron chi connectivity index (χ3n) is 1.23. The summed E-state index contributed by atoms with van der Waals surface area (Å²) in [6.45, 7) is 3.92. The maximum absolute atomic E-state index is 9.23. The Morgan fingerprint density at radius 2 is 1.80 bits per heavy atom. The topological polar surface area (TPSA) is 20.2 Å². The molecule has 1 rings (SSSR count). The van der Waals surface area contributed by atoms with Crippen LogP contribution in [0.15, 0.2) is 12.2 Å². The molecule has 1 heterocycles. The largest absolute Gasteiger partial charge is 0.391 e. The third-order valence-corrected chi connectivity index (χ3v) is 3.70. The molecule has 0 radical (unpaired) electrons. The van der Waals surface area contributed by atoms with Crippen molar-refractivity contribution in [3.8, 4) is 0 Å².